The molecule has 0 bridgehead atoms. The lowest BCUT2D eigenvalue weighted by Gasteiger charge is -2.24. The monoisotopic (exact) mass is 847 g/mol. The number of nitrogens with one attached hydrogen (secondary N) is 5. The smallest absolute Gasteiger partial charge is 0.408 e. The highest BCUT2D eigenvalue weighted by atomic mass is 19.4. The fraction of sp³-hybridized carbons (Fsp3) is 0.318. The second-order valence-electron chi connectivity index (χ2n) is 14.2. The zero-order valence-corrected chi connectivity index (χ0v) is 33.4. The summed E-state index contributed by atoms with van der Waals surface area (Å²) in [6.07, 6.45) is -6.71. The van der Waals surface area contributed by atoms with E-state index in [0.29, 0.717) is 29.0 Å². The third-order valence-electron chi connectivity index (χ3n) is 9.31. The van der Waals surface area contributed by atoms with E-state index in [9.17, 15) is 47.0 Å². The molecular formula is C44H48F3N5O9. The molecule has 0 heterocycles. The fourth-order valence-corrected chi connectivity index (χ4v) is 5.80. The number of hydrogen-bond donors (Lipinski definition) is 6. The first-order valence-electron chi connectivity index (χ1n) is 19.3. The number of amides is 5. The van der Waals surface area contributed by atoms with Crippen molar-refractivity contribution in [3.05, 3.63) is 138 Å². The Morgan fingerprint density at radius 1 is 0.590 bits per heavy atom. The van der Waals surface area contributed by atoms with Gasteiger partial charge in [0.15, 0.2) is 0 Å². The first-order valence-corrected chi connectivity index (χ1v) is 19.3. The van der Waals surface area contributed by atoms with Crippen LogP contribution in [0.4, 0.5) is 18.0 Å². The number of hydrogen-bond acceptors (Lipinski definition) is 8. The Balaban J connectivity index is 1.37. The van der Waals surface area contributed by atoms with E-state index in [0.717, 1.165) is 12.5 Å². The average Bonchev–Trinajstić information content (AvgIpc) is 3.24. The maximum Gasteiger partial charge on any atom is 0.408 e. The summed E-state index contributed by atoms with van der Waals surface area (Å²) >= 11 is 0. The molecule has 5 amide bonds. The standard InChI is InChI=1S/C44H48F3N5O9/c1-28(44(45,46)47)22-37(42(57)58)51-41(56)35(23-30-12-6-3-7-13-30)50-38(53)25-48-39(54)29(2)49-40(55)36(52-43(59)61-27-33-16-10-5-11-17-33)24-31-18-20-34(21-19-31)60-26-32-14-8-4-9-15-32/h3-21,28-29,35-37H,22-27H2,1-2H3,(H,48,54)(H,49,55)(H,50,53)(H,51,56)(H,52,59)(H,57,58)/t28-,29+,35-,36-,37+/m0/s1. The van der Waals surface area contributed by atoms with Gasteiger partial charge < -0.3 is 41.2 Å². The van der Waals surface area contributed by atoms with Crippen molar-refractivity contribution in [1.29, 1.82) is 0 Å². The number of ether oxygens (including phenoxy) is 2. The number of carbonyl (C=O) groups excluding carboxylic acids is 5. The molecule has 324 valence electrons. The Labute approximate surface area is 350 Å². The molecule has 14 nitrogen and oxygen atoms in total. The van der Waals surface area contributed by atoms with E-state index in [1.54, 1.807) is 84.9 Å². The van der Waals surface area contributed by atoms with Crippen LogP contribution in [0.1, 0.15) is 42.5 Å². The van der Waals surface area contributed by atoms with Crippen molar-refractivity contribution < 1.29 is 56.5 Å². The molecule has 17 heteroatoms. The molecule has 0 unspecified atom stereocenters. The number of alkyl carbamates (subject to hydrolysis) is 1. The summed E-state index contributed by atoms with van der Waals surface area (Å²) in [5.74, 6) is -6.68. The number of carboxylic acids is 1. The lowest BCUT2D eigenvalue weighted by atomic mass is 10.00. The molecule has 0 aliphatic carbocycles. The van der Waals surface area contributed by atoms with Crippen molar-refractivity contribution in [1.82, 2.24) is 26.6 Å². The average molecular weight is 848 g/mol. The highest BCUT2D eigenvalue weighted by Crippen LogP contribution is 2.29. The maximum absolute atomic E-state index is 13.6. The quantitative estimate of drug-likeness (QED) is 0.0693. The Morgan fingerprint density at radius 2 is 1.08 bits per heavy atom. The van der Waals surface area contributed by atoms with Crippen LogP contribution in [0.2, 0.25) is 0 Å². The van der Waals surface area contributed by atoms with Crippen LogP contribution in [0.25, 0.3) is 0 Å². The summed E-state index contributed by atoms with van der Waals surface area (Å²) in [5.41, 5.74) is 2.87. The maximum atomic E-state index is 13.6. The van der Waals surface area contributed by atoms with Gasteiger partial charge in [-0.2, -0.15) is 13.2 Å². The van der Waals surface area contributed by atoms with Gasteiger partial charge in [-0.25, -0.2) is 9.59 Å². The summed E-state index contributed by atoms with van der Waals surface area (Å²) in [4.78, 5) is 77.6. The molecule has 0 spiro atoms. The first kappa shape index (κ1) is 46.8. The van der Waals surface area contributed by atoms with E-state index < -0.39 is 84.9 Å². The van der Waals surface area contributed by atoms with Gasteiger partial charge in [-0.3, -0.25) is 19.2 Å². The van der Waals surface area contributed by atoms with Gasteiger partial charge in [-0.1, -0.05) is 110 Å². The van der Waals surface area contributed by atoms with Gasteiger partial charge in [0.1, 0.15) is 43.1 Å². The summed E-state index contributed by atoms with van der Waals surface area (Å²) in [6, 6.07) is 27.8. The van der Waals surface area contributed by atoms with Crippen LogP contribution in [0.15, 0.2) is 115 Å². The van der Waals surface area contributed by atoms with Crippen LogP contribution in [0.5, 0.6) is 5.75 Å². The predicted molar refractivity (Wildman–Crippen MR) is 217 cm³/mol. The van der Waals surface area contributed by atoms with E-state index in [4.69, 9.17) is 9.47 Å². The minimum absolute atomic E-state index is 0.00923. The van der Waals surface area contributed by atoms with Crippen molar-refractivity contribution >= 4 is 35.7 Å². The van der Waals surface area contributed by atoms with Crippen LogP contribution in [-0.4, -0.2) is 77.7 Å². The lowest BCUT2D eigenvalue weighted by molar-refractivity contribution is -0.175. The second kappa shape index (κ2) is 23.0. The van der Waals surface area contributed by atoms with Crippen LogP contribution in [0, 0.1) is 5.92 Å². The molecule has 5 atom stereocenters. The molecule has 0 aliphatic rings. The molecule has 4 aromatic carbocycles. The lowest BCUT2D eigenvalue weighted by Crippen LogP contribution is -2.56. The minimum Gasteiger partial charge on any atom is -0.489 e. The molecule has 0 radical (unpaired) electrons. The molecule has 0 aliphatic heterocycles. The fourth-order valence-electron chi connectivity index (χ4n) is 5.80. The Morgan fingerprint density at radius 3 is 1.62 bits per heavy atom. The summed E-state index contributed by atoms with van der Waals surface area (Å²) in [5, 5.41) is 21.5. The number of benzene rings is 4. The number of halogens is 3. The van der Waals surface area contributed by atoms with Crippen LogP contribution >= 0.6 is 0 Å². The number of alkyl halides is 3. The Hall–Kier alpha value is -6.91. The number of carboxylic acid groups (broad SMARTS) is 1. The van der Waals surface area contributed by atoms with Crippen molar-refractivity contribution in [2.45, 2.75) is 76.7 Å². The molecule has 0 aromatic heterocycles. The van der Waals surface area contributed by atoms with E-state index in [2.05, 4.69) is 26.6 Å². The van der Waals surface area contributed by atoms with Gasteiger partial charge >= 0.3 is 18.2 Å². The van der Waals surface area contributed by atoms with Gasteiger partial charge in [-0.15, -0.1) is 0 Å². The molecular weight excluding hydrogens is 800 g/mol. The topological polar surface area (TPSA) is 201 Å². The van der Waals surface area contributed by atoms with Crippen LogP contribution < -0.4 is 31.3 Å². The van der Waals surface area contributed by atoms with E-state index in [-0.39, 0.29) is 19.4 Å². The van der Waals surface area contributed by atoms with Crippen molar-refractivity contribution in [3.8, 4) is 5.75 Å². The number of carbonyl (C=O) groups is 6. The third kappa shape index (κ3) is 16.3. The van der Waals surface area contributed by atoms with Gasteiger partial charge in [0.2, 0.25) is 23.6 Å². The normalized spacial score (nSPS) is 13.5. The zero-order valence-electron chi connectivity index (χ0n) is 33.4. The van der Waals surface area contributed by atoms with Crippen molar-refractivity contribution in [3.63, 3.8) is 0 Å². The van der Waals surface area contributed by atoms with E-state index in [1.807, 2.05) is 30.3 Å². The van der Waals surface area contributed by atoms with Gasteiger partial charge in [0.05, 0.1) is 12.5 Å². The van der Waals surface area contributed by atoms with Crippen molar-refractivity contribution in [2.24, 2.45) is 5.92 Å². The third-order valence-corrected chi connectivity index (χ3v) is 9.31. The van der Waals surface area contributed by atoms with Crippen LogP contribution in [0.3, 0.4) is 0 Å². The first-order chi connectivity index (χ1) is 29.1. The minimum atomic E-state index is -4.71. The Kier molecular flexibility index (Phi) is 17.7. The highest BCUT2D eigenvalue weighted by molar-refractivity contribution is 5.94. The molecule has 4 rings (SSSR count). The molecule has 0 saturated carbocycles. The summed E-state index contributed by atoms with van der Waals surface area (Å²) in [7, 11) is 0. The molecule has 0 fully saturated rings. The molecule has 61 heavy (non-hydrogen) atoms. The highest BCUT2D eigenvalue weighted by Gasteiger charge is 2.39. The molecule has 0 saturated heterocycles. The largest absolute Gasteiger partial charge is 0.489 e. The number of rotatable bonds is 21. The predicted octanol–water partition coefficient (Wildman–Crippen LogP) is 4.61. The SMILES string of the molecule is C[C@@H](NC(=O)[C@H](Cc1ccc(OCc2ccccc2)cc1)NC(=O)OCc1ccccc1)C(=O)NCC(=O)N[C@@H](Cc1ccccc1)C(=O)N[C@H](C[C@H](C)C(F)(F)F)C(=O)O. The Bertz CT molecular complexity index is 2060. The van der Waals surface area contributed by atoms with E-state index >= 15 is 0 Å². The van der Waals surface area contributed by atoms with Crippen LogP contribution in [-0.2, 0) is 54.8 Å². The van der Waals surface area contributed by atoms with Gasteiger partial charge in [0.25, 0.3) is 0 Å². The summed E-state index contributed by atoms with van der Waals surface area (Å²) < 4.78 is 50.8. The van der Waals surface area contributed by atoms with Gasteiger partial charge in [-0.05, 0) is 47.7 Å². The van der Waals surface area contributed by atoms with Crippen molar-refractivity contribution in [2.75, 3.05) is 6.54 Å². The number of aliphatic carboxylic acids is 1. The second-order valence-corrected chi connectivity index (χ2v) is 14.2. The van der Waals surface area contributed by atoms with E-state index in [1.165, 1.54) is 6.92 Å². The zero-order chi connectivity index (χ0) is 44.4. The molecule has 4 aromatic rings. The van der Waals surface area contributed by atoms with Gasteiger partial charge in [0, 0.05) is 12.8 Å². The summed E-state index contributed by atoms with van der Waals surface area (Å²) in [6.45, 7) is 1.70. The molecule has 6 N–H and O–H groups in total.